The van der Waals surface area contributed by atoms with Gasteiger partial charge in [0.25, 0.3) is 0 Å². The van der Waals surface area contributed by atoms with Gasteiger partial charge in [0, 0.05) is 24.3 Å². The normalized spacial score (nSPS) is 27.5. The predicted octanol–water partition coefficient (Wildman–Crippen LogP) is 3.03. The highest BCUT2D eigenvalue weighted by Crippen LogP contribution is 2.27. The van der Waals surface area contributed by atoms with E-state index in [-0.39, 0.29) is 10.8 Å². The van der Waals surface area contributed by atoms with Gasteiger partial charge < -0.3 is 10.6 Å². The fourth-order valence-electron chi connectivity index (χ4n) is 3.40. The van der Waals surface area contributed by atoms with Crippen LogP contribution in [0, 0.1) is 11.7 Å². The summed E-state index contributed by atoms with van der Waals surface area (Å²) in [6.45, 7) is 3.14. The van der Waals surface area contributed by atoms with Crippen molar-refractivity contribution in [2.75, 3.05) is 25.0 Å². The lowest BCUT2D eigenvalue weighted by Gasteiger charge is -2.37. The molecule has 0 amide bonds. The number of halogens is 2. The van der Waals surface area contributed by atoms with Gasteiger partial charge >= 0.3 is 0 Å². The van der Waals surface area contributed by atoms with Crippen LogP contribution < -0.4 is 16.0 Å². The van der Waals surface area contributed by atoms with Crippen molar-refractivity contribution >= 4 is 17.3 Å². The Morgan fingerprint density at radius 3 is 2.81 bits per heavy atom. The third-order valence-electron chi connectivity index (χ3n) is 4.59. The van der Waals surface area contributed by atoms with Crippen LogP contribution in [-0.4, -0.2) is 31.7 Å². The second kappa shape index (κ2) is 6.95. The molecular weight excluding hydrogens is 289 g/mol. The van der Waals surface area contributed by atoms with Crippen molar-refractivity contribution in [1.29, 1.82) is 0 Å². The summed E-state index contributed by atoms with van der Waals surface area (Å²) in [5.41, 5.74) is 0.900. The van der Waals surface area contributed by atoms with E-state index in [1.807, 2.05) is 0 Å². The Morgan fingerprint density at radius 2 is 2.05 bits per heavy atom. The summed E-state index contributed by atoms with van der Waals surface area (Å²) in [6.07, 6.45) is 4.56. The van der Waals surface area contributed by atoms with Gasteiger partial charge in [-0.2, -0.15) is 0 Å². The standard InChI is InChI=1S/C16H22ClFN3/c17-14-9-12(1-2-15(14)18)21-13-5-8-20-16(10-13)11-3-6-19-7-4-11/h1-2,9,11,13,16,19,21H,3-8,10H2. The predicted molar refractivity (Wildman–Crippen MR) is 84.4 cm³/mol. The van der Waals surface area contributed by atoms with E-state index in [9.17, 15) is 4.39 Å². The molecule has 1 aromatic rings. The van der Waals surface area contributed by atoms with E-state index in [1.54, 1.807) is 12.1 Å². The van der Waals surface area contributed by atoms with Crippen LogP contribution in [0.3, 0.4) is 0 Å². The lowest BCUT2D eigenvalue weighted by atomic mass is 9.84. The second-order valence-corrected chi connectivity index (χ2v) is 6.46. The van der Waals surface area contributed by atoms with Crippen molar-refractivity contribution in [3.05, 3.63) is 29.0 Å². The van der Waals surface area contributed by atoms with Crippen molar-refractivity contribution in [2.45, 2.75) is 37.8 Å². The molecular formula is C16H22ClFN3. The van der Waals surface area contributed by atoms with E-state index in [1.165, 1.54) is 18.9 Å². The number of hydrogen-bond acceptors (Lipinski definition) is 2. The number of rotatable bonds is 3. The number of nitrogens with zero attached hydrogens (tertiary/aromatic N) is 1. The van der Waals surface area contributed by atoms with Gasteiger partial charge in [0.05, 0.1) is 5.02 Å². The third kappa shape index (κ3) is 3.87. The van der Waals surface area contributed by atoms with Gasteiger partial charge in [-0.05, 0) is 62.9 Å². The first-order valence-corrected chi connectivity index (χ1v) is 8.19. The topological polar surface area (TPSA) is 38.2 Å². The largest absolute Gasteiger partial charge is 0.382 e. The molecule has 3 rings (SSSR count). The van der Waals surface area contributed by atoms with Crippen LogP contribution in [0.25, 0.3) is 0 Å². The second-order valence-electron chi connectivity index (χ2n) is 6.06. The molecule has 0 aromatic heterocycles. The molecule has 2 aliphatic rings. The maximum Gasteiger partial charge on any atom is 0.141 e. The molecule has 2 atom stereocenters. The number of hydrogen-bond donors (Lipinski definition) is 2. The molecule has 3 nitrogen and oxygen atoms in total. The lowest BCUT2D eigenvalue weighted by molar-refractivity contribution is 0.231. The molecule has 0 bridgehead atoms. The smallest absolute Gasteiger partial charge is 0.141 e. The van der Waals surface area contributed by atoms with Gasteiger partial charge in [0.15, 0.2) is 0 Å². The van der Waals surface area contributed by atoms with Gasteiger partial charge in [0.1, 0.15) is 5.82 Å². The van der Waals surface area contributed by atoms with E-state index in [0.29, 0.717) is 18.0 Å². The van der Waals surface area contributed by atoms with E-state index >= 15 is 0 Å². The molecule has 1 radical (unpaired) electrons. The first-order chi connectivity index (χ1) is 10.2. The molecule has 0 aliphatic carbocycles. The Hall–Kier alpha value is -0.840. The number of piperidine rings is 2. The van der Waals surface area contributed by atoms with Crippen molar-refractivity contribution in [2.24, 2.45) is 5.92 Å². The molecule has 2 fully saturated rings. The number of anilines is 1. The van der Waals surface area contributed by atoms with E-state index < -0.39 is 0 Å². The number of nitrogens with one attached hydrogen (secondary N) is 2. The fraction of sp³-hybridized carbons (Fsp3) is 0.625. The van der Waals surface area contributed by atoms with Gasteiger partial charge in [-0.3, -0.25) is 0 Å². The molecule has 2 heterocycles. The SMILES string of the molecule is Fc1ccc(NC2CC[N]C(C3CCNCC3)C2)cc1Cl. The average molecular weight is 311 g/mol. The van der Waals surface area contributed by atoms with Gasteiger partial charge in [0.2, 0.25) is 0 Å². The van der Waals surface area contributed by atoms with Crippen LogP contribution in [0.15, 0.2) is 18.2 Å². The minimum Gasteiger partial charge on any atom is -0.382 e. The Morgan fingerprint density at radius 1 is 1.24 bits per heavy atom. The van der Waals surface area contributed by atoms with Gasteiger partial charge in [-0.15, -0.1) is 0 Å². The van der Waals surface area contributed by atoms with Crippen molar-refractivity contribution in [3.8, 4) is 0 Å². The van der Waals surface area contributed by atoms with E-state index in [4.69, 9.17) is 16.9 Å². The zero-order valence-electron chi connectivity index (χ0n) is 12.1. The molecule has 2 N–H and O–H groups in total. The third-order valence-corrected chi connectivity index (χ3v) is 4.88. The van der Waals surface area contributed by atoms with Crippen LogP contribution in [-0.2, 0) is 0 Å². The first-order valence-electron chi connectivity index (χ1n) is 7.81. The lowest BCUT2D eigenvalue weighted by Crippen LogP contribution is -2.46. The highest BCUT2D eigenvalue weighted by atomic mass is 35.5. The van der Waals surface area contributed by atoms with Crippen molar-refractivity contribution in [1.82, 2.24) is 10.6 Å². The van der Waals surface area contributed by atoms with Crippen LogP contribution in [0.4, 0.5) is 10.1 Å². The molecule has 2 saturated heterocycles. The van der Waals surface area contributed by atoms with Gasteiger partial charge in [-0.1, -0.05) is 11.6 Å². The van der Waals surface area contributed by atoms with Gasteiger partial charge in [-0.25, -0.2) is 9.71 Å². The van der Waals surface area contributed by atoms with Crippen LogP contribution in [0.1, 0.15) is 25.7 Å². The Kier molecular flexibility index (Phi) is 4.99. The summed E-state index contributed by atoms with van der Waals surface area (Å²) in [4.78, 5) is 0. The molecule has 5 heteroatoms. The highest BCUT2D eigenvalue weighted by molar-refractivity contribution is 6.31. The summed E-state index contributed by atoms with van der Waals surface area (Å²) in [5, 5.41) is 11.9. The zero-order valence-corrected chi connectivity index (χ0v) is 12.9. The first kappa shape index (κ1) is 15.1. The summed E-state index contributed by atoms with van der Waals surface area (Å²) in [6, 6.07) is 5.72. The van der Waals surface area contributed by atoms with Crippen molar-refractivity contribution < 1.29 is 4.39 Å². The van der Waals surface area contributed by atoms with E-state index in [2.05, 4.69) is 10.6 Å². The van der Waals surface area contributed by atoms with Crippen molar-refractivity contribution in [3.63, 3.8) is 0 Å². The Bertz CT molecular complexity index is 477. The summed E-state index contributed by atoms with van der Waals surface area (Å²) in [7, 11) is 0. The summed E-state index contributed by atoms with van der Waals surface area (Å²) < 4.78 is 13.2. The summed E-state index contributed by atoms with van der Waals surface area (Å²) in [5.74, 6) is 0.348. The average Bonchev–Trinajstić information content (AvgIpc) is 2.52. The minimum atomic E-state index is -0.367. The monoisotopic (exact) mass is 310 g/mol. The highest BCUT2D eigenvalue weighted by Gasteiger charge is 2.29. The maximum absolute atomic E-state index is 13.2. The Balaban J connectivity index is 1.59. The number of benzene rings is 1. The van der Waals surface area contributed by atoms with Crippen LogP contribution in [0.2, 0.25) is 5.02 Å². The molecule has 2 aliphatic heterocycles. The molecule has 1 aromatic carbocycles. The quantitative estimate of drug-likeness (QED) is 0.900. The van der Waals surface area contributed by atoms with Crippen LogP contribution >= 0.6 is 11.6 Å². The fourth-order valence-corrected chi connectivity index (χ4v) is 3.58. The van der Waals surface area contributed by atoms with E-state index in [0.717, 1.165) is 38.2 Å². The zero-order chi connectivity index (χ0) is 14.7. The molecule has 21 heavy (non-hydrogen) atoms. The molecule has 2 unspecified atom stereocenters. The minimum absolute atomic E-state index is 0.176. The summed E-state index contributed by atoms with van der Waals surface area (Å²) >= 11 is 5.84. The molecule has 115 valence electrons. The molecule has 0 saturated carbocycles. The maximum atomic E-state index is 13.2. The Labute approximate surface area is 130 Å². The molecule has 0 spiro atoms. The van der Waals surface area contributed by atoms with Crippen LogP contribution in [0.5, 0.6) is 0 Å².